The summed E-state index contributed by atoms with van der Waals surface area (Å²) < 4.78 is 26.9. The Morgan fingerprint density at radius 1 is 0.566 bits per heavy atom. The minimum absolute atomic E-state index is 0.0843. The van der Waals surface area contributed by atoms with Gasteiger partial charge in [-0.05, 0) is 38.5 Å². The van der Waals surface area contributed by atoms with Crippen molar-refractivity contribution in [1.29, 1.82) is 0 Å². The van der Waals surface area contributed by atoms with Crippen LogP contribution in [0.4, 0.5) is 0 Å². The SMILES string of the molecule is CCCCCCCC/C=C/CCCCCCCCCCCC(=O)NCCOP(=O)(O)OCC(O)COC(=O)CCCCCCCCCCCCCCC. The van der Waals surface area contributed by atoms with Crippen LogP contribution in [0.3, 0.4) is 0 Å². The summed E-state index contributed by atoms with van der Waals surface area (Å²) in [7, 11) is -4.41. The molecule has 0 aromatic rings. The van der Waals surface area contributed by atoms with Crippen molar-refractivity contribution in [2.75, 3.05) is 26.4 Å². The molecule has 0 heterocycles. The molecule has 0 aliphatic rings. The monoisotopic (exact) mass is 774 g/mol. The van der Waals surface area contributed by atoms with Crippen LogP contribution in [-0.2, 0) is 27.9 Å². The van der Waals surface area contributed by atoms with Crippen LogP contribution in [0.5, 0.6) is 0 Å². The van der Waals surface area contributed by atoms with Crippen molar-refractivity contribution < 1.29 is 37.9 Å². The fourth-order valence-electron chi connectivity index (χ4n) is 6.32. The molecule has 1 amide bonds. The number of hydrogen-bond acceptors (Lipinski definition) is 7. The van der Waals surface area contributed by atoms with E-state index >= 15 is 0 Å². The Labute approximate surface area is 326 Å². The zero-order chi connectivity index (χ0) is 38.9. The fraction of sp³-hybridized carbons (Fsp3) is 0.907. The van der Waals surface area contributed by atoms with E-state index in [0.29, 0.717) is 6.42 Å². The third kappa shape index (κ3) is 41.7. The van der Waals surface area contributed by atoms with Gasteiger partial charge >= 0.3 is 13.8 Å². The van der Waals surface area contributed by atoms with Crippen LogP contribution >= 0.6 is 7.82 Å². The molecule has 0 radical (unpaired) electrons. The highest BCUT2D eigenvalue weighted by Gasteiger charge is 2.23. The second kappa shape index (κ2) is 40.4. The van der Waals surface area contributed by atoms with E-state index in [-0.39, 0.29) is 32.1 Å². The Balaban J connectivity index is 3.56. The van der Waals surface area contributed by atoms with Crippen molar-refractivity contribution in [1.82, 2.24) is 5.32 Å². The van der Waals surface area contributed by atoms with E-state index in [1.807, 2.05) is 0 Å². The number of unbranched alkanes of at least 4 members (excludes halogenated alkanes) is 27. The summed E-state index contributed by atoms with van der Waals surface area (Å²) in [6.07, 6.45) is 41.4. The van der Waals surface area contributed by atoms with Crippen LogP contribution in [0.1, 0.15) is 219 Å². The summed E-state index contributed by atoms with van der Waals surface area (Å²) in [5.74, 6) is -0.510. The highest BCUT2D eigenvalue weighted by Crippen LogP contribution is 2.42. The lowest BCUT2D eigenvalue weighted by atomic mass is 10.0. The molecule has 314 valence electrons. The zero-order valence-corrected chi connectivity index (χ0v) is 35.4. The molecule has 10 heteroatoms. The van der Waals surface area contributed by atoms with Crippen molar-refractivity contribution in [2.45, 2.75) is 225 Å². The highest BCUT2D eigenvalue weighted by atomic mass is 31.2. The van der Waals surface area contributed by atoms with E-state index < -0.39 is 26.5 Å². The second-order valence-electron chi connectivity index (χ2n) is 15.0. The van der Waals surface area contributed by atoms with Crippen molar-refractivity contribution in [3.8, 4) is 0 Å². The van der Waals surface area contributed by atoms with Crippen LogP contribution in [0.25, 0.3) is 0 Å². The average molecular weight is 774 g/mol. The molecule has 3 N–H and O–H groups in total. The van der Waals surface area contributed by atoms with Crippen molar-refractivity contribution in [2.24, 2.45) is 0 Å². The zero-order valence-electron chi connectivity index (χ0n) is 34.5. The number of ether oxygens (including phenoxy) is 1. The van der Waals surface area contributed by atoms with E-state index in [2.05, 4.69) is 31.3 Å². The summed E-state index contributed by atoms with van der Waals surface area (Å²) in [6.45, 7) is 3.57. The molecule has 0 aromatic heterocycles. The van der Waals surface area contributed by atoms with Gasteiger partial charge in [-0.1, -0.05) is 180 Å². The van der Waals surface area contributed by atoms with Crippen LogP contribution in [0.2, 0.25) is 0 Å². The van der Waals surface area contributed by atoms with E-state index in [0.717, 1.165) is 38.5 Å². The molecule has 0 saturated carbocycles. The number of phosphoric ester groups is 1. The molecular formula is C43H84NO8P. The van der Waals surface area contributed by atoms with Gasteiger partial charge in [-0.2, -0.15) is 0 Å². The normalized spacial score (nSPS) is 13.4. The largest absolute Gasteiger partial charge is 0.472 e. The van der Waals surface area contributed by atoms with Crippen LogP contribution in [0, 0.1) is 0 Å². The molecule has 0 saturated heterocycles. The van der Waals surface area contributed by atoms with Gasteiger partial charge in [-0.15, -0.1) is 0 Å². The number of aliphatic hydroxyl groups is 1. The number of amides is 1. The number of phosphoric acid groups is 1. The molecule has 0 bridgehead atoms. The third-order valence-electron chi connectivity index (χ3n) is 9.70. The topological polar surface area (TPSA) is 131 Å². The summed E-state index contributed by atoms with van der Waals surface area (Å²) in [5, 5.41) is 12.7. The molecule has 0 fully saturated rings. The number of carbonyl (C=O) groups is 2. The predicted molar refractivity (Wildman–Crippen MR) is 220 cm³/mol. The summed E-state index contributed by atoms with van der Waals surface area (Å²) in [4.78, 5) is 33.9. The number of aliphatic hydroxyl groups excluding tert-OH is 1. The van der Waals surface area contributed by atoms with Gasteiger partial charge in [0.15, 0.2) is 0 Å². The van der Waals surface area contributed by atoms with Crippen LogP contribution in [0.15, 0.2) is 12.2 Å². The summed E-state index contributed by atoms with van der Waals surface area (Å²) in [6, 6.07) is 0. The first-order valence-electron chi connectivity index (χ1n) is 22.2. The van der Waals surface area contributed by atoms with E-state index in [9.17, 15) is 24.2 Å². The predicted octanol–water partition coefficient (Wildman–Crippen LogP) is 12.2. The maximum absolute atomic E-state index is 12.1. The Kier molecular flexibility index (Phi) is 39.5. The number of nitrogens with one attached hydrogen (secondary N) is 1. The average Bonchev–Trinajstić information content (AvgIpc) is 3.14. The third-order valence-corrected chi connectivity index (χ3v) is 10.7. The first-order chi connectivity index (χ1) is 25.8. The van der Waals surface area contributed by atoms with Gasteiger partial charge in [0.2, 0.25) is 5.91 Å². The number of hydrogen-bond donors (Lipinski definition) is 3. The minimum atomic E-state index is -4.41. The Morgan fingerprint density at radius 2 is 0.962 bits per heavy atom. The number of allylic oxidation sites excluding steroid dienone is 2. The van der Waals surface area contributed by atoms with Crippen molar-refractivity contribution >= 4 is 19.7 Å². The van der Waals surface area contributed by atoms with Gasteiger partial charge in [0.05, 0.1) is 13.2 Å². The van der Waals surface area contributed by atoms with Gasteiger partial charge in [0, 0.05) is 19.4 Å². The molecule has 0 spiro atoms. The maximum atomic E-state index is 12.1. The van der Waals surface area contributed by atoms with Crippen molar-refractivity contribution in [3.63, 3.8) is 0 Å². The Hall–Kier alpha value is -1.25. The van der Waals surface area contributed by atoms with Gasteiger partial charge < -0.3 is 20.1 Å². The smallest absolute Gasteiger partial charge is 0.463 e. The molecule has 0 rings (SSSR count). The van der Waals surface area contributed by atoms with E-state index in [1.54, 1.807) is 0 Å². The quantitative estimate of drug-likeness (QED) is 0.0242. The Morgan fingerprint density at radius 3 is 1.42 bits per heavy atom. The molecular weight excluding hydrogens is 689 g/mol. The van der Waals surface area contributed by atoms with E-state index in [1.165, 1.54) is 154 Å². The molecule has 53 heavy (non-hydrogen) atoms. The lowest BCUT2D eigenvalue weighted by Crippen LogP contribution is -2.27. The molecule has 9 nitrogen and oxygen atoms in total. The lowest BCUT2D eigenvalue weighted by molar-refractivity contribution is -0.147. The highest BCUT2D eigenvalue weighted by molar-refractivity contribution is 7.47. The van der Waals surface area contributed by atoms with Crippen LogP contribution in [-0.4, -0.2) is 54.3 Å². The number of rotatable bonds is 42. The van der Waals surface area contributed by atoms with Gasteiger partial charge in [0.1, 0.15) is 12.7 Å². The standard InChI is InChI=1S/C43H84NO8P/c1-3-5-7-9-11-13-15-17-18-19-20-21-22-24-25-27-29-31-33-35-42(46)44-37-38-51-53(48,49)52-40-41(45)39-50-43(47)36-34-32-30-28-26-23-16-14-12-10-8-6-4-2/h17-18,41,45H,3-16,19-40H2,1-2H3,(H,44,46)(H,48,49)/b18-17+. The first-order valence-corrected chi connectivity index (χ1v) is 23.7. The summed E-state index contributed by atoms with van der Waals surface area (Å²) in [5.41, 5.74) is 0. The lowest BCUT2D eigenvalue weighted by Gasteiger charge is -2.15. The van der Waals surface area contributed by atoms with E-state index in [4.69, 9.17) is 13.8 Å². The van der Waals surface area contributed by atoms with Crippen molar-refractivity contribution in [3.05, 3.63) is 12.2 Å². The van der Waals surface area contributed by atoms with Gasteiger partial charge in [-0.25, -0.2) is 4.57 Å². The fourth-order valence-corrected chi connectivity index (χ4v) is 7.07. The summed E-state index contributed by atoms with van der Waals surface area (Å²) >= 11 is 0. The molecule has 2 unspecified atom stereocenters. The second-order valence-corrected chi connectivity index (χ2v) is 16.5. The first kappa shape index (κ1) is 51.8. The van der Waals surface area contributed by atoms with Gasteiger partial charge in [-0.3, -0.25) is 18.6 Å². The number of esters is 1. The molecule has 2 atom stereocenters. The Bertz CT molecular complexity index is 886. The molecule has 0 aliphatic carbocycles. The van der Waals surface area contributed by atoms with Gasteiger partial charge in [0.25, 0.3) is 0 Å². The van der Waals surface area contributed by atoms with Crippen LogP contribution < -0.4 is 5.32 Å². The number of carbonyl (C=O) groups excluding carboxylic acids is 2. The molecule has 0 aliphatic heterocycles. The minimum Gasteiger partial charge on any atom is -0.463 e. The maximum Gasteiger partial charge on any atom is 0.472 e. The molecule has 0 aromatic carbocycles.